The second-order valence-corrected chi connectivity index (χ2v) is 4.51. The summed E-state index contributed by atoms with van der Waals surface area (Å²) in [5.74, 6) is -0.286. The third kappa shape index (κ3) is 2.45. The Hall–Kier alpha value is -0.840. The number of halogens is 2. The molecule has 2 N–H and O–H groups in total. The van der Waals surface area contributed by atoms with E-state index in [4.69, 9.17) is 28.3 Å². The third-order valence-electron chi connectivity index (χ3n) is 2.51. The molecule has 1 heterocycles. The second-order valence-electron chi connectivity index (χ2n) is 3.77. The van der Waals surface area contributed by atoms with Gasteiger partial charge in [0.1, 0.15) is 10.3 Å². The molecule has 86 valence electrons. The number of aromatic nitrogens is 1. The van der Waals surface area contributed by atoms with Crippen LogP contribution in [0.1, 0.15) is 23.2 Å². The lowest BCUT2D eigenvalue weighted by atomic mass is 9.89. The summed E-state index contributed by atoms with van der Waals surface area (Å²) in [7, 11) is 0. The van der Waals surface area contributed by atoms with Crippen molar-refractivity contribution in [3.8, 4) is 0 Å². The lowest BCUT2D eigenvalue weighted by Crippen LogP contribution is -2.46. The summed E-state index contributed by atoms with van der Waals surface area (Å²) in [6.45, 7) is 0. The first-order valence-electron chi connectivity index (χ1n) is 4.87. The fourth-order valence-electron chi connectivity index (χ4n) is 1.55. The molecule has 0 spiro atoms. The summed E-state index contributed by atoms with van der Waals surface area (Å²) in [5, 5.41) is 12.2. The summed E-state index contributed by atoms with van der Waals surface area (Å²) < 4.78 is 0. The number of rotatable bonds is 2. The first-order valence-corrected chi connectivity index (χ1v) is 5.63. The van der Waals surface area contributed by atoms with Crippen molar-refractivity contribution in [1.29, 1.82) is 0 Å². The normalized spacial score (nSPS) is 23.7. The molecule has 1 aliphatic carbocycles. The number of hydrogen-bond donors (Lipinski definition) is 2. The van der Waals surface area contributed by atoms with Gasteiger partial charge in [0, 0.05) is 6.04 Å². The number of amides is 1. The maximum Gasteiger partial charge on any atom is 0.254 e. The Morgan fingerprint density at radius 1 is 1.44 bits per heavy atom. The standard InChI is InChI=1S/C10H10Cl2N2O2/c11-8-2-1-7(9(12)14-8)10(16)13-5-3-6(15)4-5/h1-2,5-6,15H,3-4H2,(H,13,16). The number of carbonyl (C=O) groups is 1. The highest BCUT2D eigenvalue weighted by Crippen LogP contribution is 2.21. The molecule has 16 heavy (non-hydrogen) atoms. The Morgan fingerprint density at radius 2 is 2.12 bits per heavy atom. The van der Waals surface area contributed by atoms with Crippen LogP contribution >= 0.6 is 23.2 Å². The van der Waals surface area contributed by atoms with Crippen molar-refractivity contribution in [3.05, 3.63) is 28.0 Å². The zero-order chi connectivity index (χ0) is 11.7. The van der Waals surface area contributed by atoms with Gasteiger partial charge in [0.25, 0.3) is 5.91 Å². The van der Waals surface area contributed by atoms with Gasteiger partial charge in [0.2, 0.25) is 0 Å². The van der Waals surface area contributed by atoms with Crippen LogP contribution in [0.15, 0.2) is 12.1 Å². The summed E-state index contributed by atoms with van der Waals surface area (Å²) in [5.41, 5.74) is 0.299. The quantitative estimate of drug-likeness (QED) is 0.795. The average molecular weight is 261 g/mol. The van der Waals surface area contributed by atoms with Crippen molar-refractivity contribution in [2.24, 2.45) is 0 Å². The van der Waals surface area contributed by atoms with E-state index in [1.165, 1.54) is 12.1 Å². The van der Waals surface area contributed by atoms with Gasteiger partial charge in [0.05, 0.1) is 11.7 Å². The van der Waals surface area contributed by atoms with Crippen LogP contribution in [0, 0.1) is 0 Å². The molecule has 0 atom stereocenters. The minimum absolute atomic E-state index is 0.0224. The maximum atomic E-state index is 11.7. The van der Waals surface area contributed by atoms with Gasteiger partial charge in [-0.25, -0.2) is 4.98 Å². The molecule has 0 saturated heterocycles. The van der Waals surface area contributed by atoms with Crippen LogP contribution in [0.25, 0.3) is 0 Å². The lowest BCUT2D eigenvalue weighted by Gasteiger charge is -2.31. The van der Waals surface area contributed by atoms with E-state index >= 15 is 0 Å². The first-order chi connectivity index (χ1) is 7.56. The summed E-state index contributed by atoms with van der Waals surface area (Å²) in [6.07, 6.45) is 0.874. The van der Waals surface area contributed by atoms with E-state index in [1.54, 1.807) is 0 Å². The number of nitrogens with one attached hydrogen (secondary N) is 1. The fourth-order valence-corrected chi connectivity index (χ4v) is 1.98. The van der Waals surface area contributed by atoms with Crippen molar-refractivity contribution >= 4 is 29.1 Å². The number of aliphatic hydroxyl groups excluding tert-OH is 1. The van der Waals surface area contributed by atoms with E-state index < -0.39 is 0 Å². The van der Waals surface area contributed by atoms with Gasteiger partial charge in [-0.3, -0.25) is 4.79 Å². The van der Waals surface area contributed by atoms with Gasteiger partial charge >= 0.3 is 0 Å². The Balaban J connectivity index is 2.03. The molecular formula is C10H10Cl2N2O2. The van der Waals surface area contributed by atoms with Gasteiger partial charge in [-0.05, 0) is 25.0 Å². The maximum absolute atomic E-state index is 11.7. The highest BCUT2D eigenvalue weighted by Gasteiger charge is 2.29. The van der Waals surface area contributed by atoms with Gasteiger partial charge in [-0.2, -0.15) is 0 Å². The molecule has 2 rings (SSSR count). The highest BCUT2D eigenvalue weighted by atomic mass is 35.5. The molecule has 1 aromatic rings. The highest BCUT2D eigenvalue weighted by molar-refractivity contribution is 6.34. The van der Waals surface area contributed by atoms with Gasteiger partial charge in [0.15, 0.2) is 0 Å². The number of aliphatic hydroxyl groups is 1. The molecule has 1 amide bonds. The largest absolute Gasteiger partial charge is 0.393 e. The second kappa shape index (κ2) is 4.57. The third-order valence-corrected chi connectivity index (χ3v) is 3.01. The summed E-state index contributed by atoms with van der Waals surface area (Å²) >= 11 is 11.4. The minimum atomic E-state index is -0.302. The predicted octanol–water partition coefficient (Wildman–Crippen LogP) is 1.64. The monoisotopic (exact) mass is 260 g/mol. The van der Waals surface area contributed by atoms with Crippen LogP contribution in [-0.4, -0.2) is 28.1 Å². The molecule has 1 saturated carbocycles. The van der Waals surface area contributed by atoms with Gasteiger partial charge in [-0.1, -0.05) is 23.2 Å². The topological polar surface area (TPSA) is 62.2 Å². The SMILES string of the molecule is O=C(NC1CC(O)C1)c1ccc(Cl)nc1Cl. The average Bonchev–Trinajstić information content (AvgIpc) is 2.15. The molecule has 0 unspecified atom stereocenters. The molecule has 0 aromatic carbocycles. The van der Waals surface area contributed by atoms with Gasteiger partial charge in [-0.15, -0.1) is 0 Å². The van der Waals surface area contributed by atoms with Gasteiger partial charge < -0.3 is 10.4 Å². The molecule has 4 nitrogen and oxygen atoms in total. The van der Waals surface area contributed by atoms with Crippen molar-refractivity contribution in [1.82, 2.24) is 10.3 Å². The minimum Gasteiger partial charge on any atom is -0.393 e. The van der Waals surface area contributed by atoms with Crippen molar-refractivity contribution in [2.75, 3.05) is 0 Å². The zero-order valence-electron chi connectivity index (χ0n) is 8.28. The summed E-state index contributed by atoms with van der Waals surface area (Å²) in [6, 6.07) is 3.06. The van der Waals surface area contributed by atoms with E-state index in [0.717, 1.165) is 0 Å². The first kappa shape index (κ1) is 11.6. The Kier molecular flexibility index (Phi) is 3.33. The lowest BCUT2D eigenvalue weighted by molar-refractivity contribution is 0.0562. The Bertz CT molecular complexity index is 419. The van der Waals surface area contributed by atoms with Crippen LogP contribution in [0.2, 0.25) is 10.3 Å². The molecule has 6 heteroatoms. The predicted molar refractivity (Wildman–Crippen MR) is 60.8 cm³/mol. The van der Waals surface area contributed by atoms with E-state index in [9.17, 15) is 4.79 Å². The van der Waals surface area contributed by atoms with E-state index in [2.05, 4.69) is 10.3 Å². The number of nitrogens with zero attached hydrogens (tertiary/aromatic N) is 1. The van der Waals surface area contributed by atoms with Crippen molar-refractivity contribution < 1.29 is 9.90 Å². The molecule has 0 bridgehead atoms. The molecule has 1 aromatic heterocycles. The smallest absolute Gasteiger partial charge is 0.254 e. The van der Waals surface area contributed by atoms with Crippen LogP contribution in [-0.2, 0) is 0 Å². The van der Waals surface area contributed by atoms with Crippen molar-refractivity contribution in [3.63, 3.8) is 0 Å². The van der Waals surface area contributed by atoms with Crippen molar-refractivity contribution in [2.45, 2.75) is 25.0 Å². The molecule has 0 radical (unpaired) electrons. The molecular weight excluding hydrogens is 251 g/mol. The van der Waals surface area contributed by atoms with Crippen LogP contribution in [0.4, 0.5) is 0 Å². The number of carbonyl (C=O) groups excluding carboxylic acids is 1. The number of hydrogen-bond acceptors (Lipinski definition) is 3. The molecule has 1 fully saturated rings. The summed E-state index contributed by atoms with van der Waals surface area (Å²) in [4.78, 5) is 15.5. The van der Waals surface area contributed by atoms with E-state index in [0.29, 0.717) is 18.4 Å². The van der Waals surface area contributed by atoms with E-state index in [1.807, 2.05) is 0 Å². The number of pyridine rings is 1. The Labute approximate surface area is 103 Å². The zero-order valence-corrected chi connectivity index (χ0v) is 9.79. The van der Waals surface area contributed by atoms with Crippen LogP contribution < -0.4 is 5.32 Å². The fraction of sp³-hybridized carbons (Fsp3) is 0.400. The van der Waals surface area contributed by atoms with Crippen LogP contribution in [0.5, 0.6) is 0 Å². The molecule has 1 aliphatic rings. The van der Waals surface area contributed by atoms with Crippen LogP contribution in [0.3, 0.4) is 0 Å². The Morgan fingerprint density at radius 3 is 2.69 bits per heavy atom. The molecule has 0 aliphatic heterocycles. The van der Waals surface area contributed by atoms with E-state index in [-0.39, 0.29) is 28.4 Å².